The van der Waals surface area contributed by atoms with E-state index in [2.05, 4.69) is 41.0 Å². The Morgan fingerprint density at radius 1 is 1.33 bits per heavy atom. The predicted molar refractivity (Wildman–Crippen MR) is 74.9 cm³/mol. The van der Waals surface area contributed by atoms with E-state index >= 15 is 0 Å². The van der Waals surface area contributed by atoms with Crippen molar-refractivity contribution in [2.75, 3.05) is 37.0 Å². The average Bonchev–Trinajstić information content (AvgIpc) is 2.27. The zero-order valence-electron chi connectivity index (χ0n) is 11.8. The van der Waals surface area contributed by atoms with E-state index in [4.69, 9.17) is 5.11 Å². The number of rotatable bonds is 6. The van der Waals surface area contributed by atoms with E-state index in [1.54, 1.807) is 6.33 Å². The molecule has 0 atom stereocenters. The lowest BCUT2D eigenvalue weighted by Gasteiger charge is -2.27. The Balaban J connectivity index is 2.63. The van der Waals surface area contributed by atoms with E-state index in [0.29, 0.717) is 0 Å². The lowest BCUT2D eigenvalue weighted by Crippen LogP contribution is -2.29. The Hall–Kier alpha value is -1.36. The van der Waals surface area contributed by atoms with Crippen LogP contribution in [-0.4, -0.2) is 41.8 Å². The zero-order valence-corrected chi connectivity index (χ0v) is 11.8. The summed E-state index contributed by atoms with van der Waals surface area (Å²) in [5, 5.41) is 11.9. The Labute approximate surface area is 109 Å². The molecule has 102 valence electrons. The van der Waals surface area contributed by atoms with Gasteiger partial charge in [0.1, 0.15) is 18.0 Å². The SMILES string of the molecule is CN(CC(C)(C)C)c1cc(NCCCO)ncn1. The van der Waals surface area contributed by atoms with Crippen molar-refractivity contribution in [2.24, 2.45) is 5.41 Å². The molecule has 1 aromatic rings. The van der Waals surface area contributed by atoms with E-state index in [1.807, 2.05) is 13.1 Å². The quantitative estimate of drug-likeness (QED) is 0.755. The first-order valence-electron chi connectivity index (χ1n) is 6.30. The zero-order chi connectivity index (χ0) is 13.6. The van der Waals surface area contributed by atoms with Crippen LogP contribution in [0.2, 0.25) is 0 Å². The highest BCUT2D eigenvalue weighted by Gasteiger charge is 2.14. The number of nitrogens with zero attached hydrogens (tertiary/aromatic N) is 3. The molecule has 0 unspecified atom stereocenters. The summed E-state index contributed by atoms with van der Waals surface area (Å²) in [6.45, 7) is 8.44. The Morgan fingerprint density at radius 3 is 2.67 bits per heavy atom. The number of aliphatic hydroxyl groups is 1. The molecule has 5 nitrogen and oxygen atoms in total. The van der Waals surface area contributed by atoms with Crippen LogP contribution in [0.3, 0.4) is 0 Å². The van der Waals surface area contributed by atoms with Gasteiger partial charge in [-0.1, -0.05) is 20.8 Å². The topological polar surface area (TPSA) is 61.3 Å². The lowest BCUT2D eigenvalue weighted by atomic mass is 9.96. The van der Waals surface area contributed by atoms with Gasteiger partial charge in [0.25, 0.3) is 0 Å². The van der Waals surface area contributed by atoms with Crippen LogP contribution in [0.1, 0.15) is 27.2 Å². The van der Waals surface area contributed by atoms with Crippen molar-refractivity contribution in [1.29, 1.82) is 0 Å². The summed E-state index contributed by atoms with van der Waals surface area (Å²) < 4.78 is 0. The average molecular weight is 252 g/mol. The molecule has 0 radical (unpaired) electrons. The molecule has 0 aliphatic rings. The monoisotopic (exact) mass is 252 g/mol. The van der Waals surface area contributed by atoms with Gasteiger partial charge in [0.2, 0.25) is 0 Å². The number of aromatic nitrogens is 2. The summed E-state index contributed by atoms with van der Waals surface area (Å²) in [6.07, 6.45) is 2.28. The van der Waals surface area contributed by atoms with Gasteiger partial charge >= 0.3 is 0 Å². The molecule has 0 aliphatic heterocycles. The largest absolute Gasteiger partial charge is 0.396 e. The Kier molecular flexibility index (Phi) is 5.34. The van der Waals surface area contributed by atoms with Crippen molar-refractivity contribution in [3.05, 3.63) is 12.4 Å². The molecule has 0 saturated heterocycles. The Bertz CT molecular complexity index is 362. The number of aliphatic hydroxyl groups excluding tert-OH is 1. The van der Waals surface area contributed by atoms with Crippen molar-refractivity contribution < 1.29 is 5.11 Å². The van der Waals surface area contributed by atoms with Crippen molar-refractivity contribution >= 4 is 11.6 Å². The van der Waals surface area contributed by atoms with Crippen molar-refractivity contribution in [2.45, 2.75) is 27.2 Å². The van der Waals surface area contributed by atoms with Gasteiger partial charge in [-0.05, 0) is 11.8 Å². The van der Waals surface area contributed by atoms with Crippen molar-refractivity contribution in [1.82, 2.24) is 9.97 Å². The first-order valence-corrected chi connectivity index (χ1v) is 6.30. The molecule has 1 aromatic heterocycles. The first kappa shape index (κ1) is 14.7. The summed E-state index contributed by atoms with van der Waals surface area (Å²) in [5.74, 6) is 1.71. The highest BCUT2D eigenvalue weighted by Crippen LogP contribution is 2.19. The summed E-state index contributed by atoms with van der Waals surface area (Å²) in [6, 6.07) is 1.93. The number of anilines is 2. The van der Waals surface area contributed by atoms with E-state index in [-0.39, 0.29) is 12.0 Å². The minimum atomic E-state index is 0.189. The van der Waals surface area contributed by atoms with Crippen LogP contribution in [-0.2, 0) is 0 Å². The van der Waals surface area contributed by atoms with Crippen LogP contribution in [0, 0.1) is 5.41 Å². The van der Waals surface area contributed by atoms with Crippen molar-refractivity contribution in [3.63, 3.8) is 0 Å². The normalized spacial score (nSPS) is 11.4. The molecule has 18 heavy (non-hydrogen) atoms. The van der Waals surface area contributed by atoms with Crippen LogP contribution in [0.4, 0.5) is 11.6 Å². The fourth-order valence-corrected chi connectivity index (χ4v) is 1.74. The number of hydrogen-bond donors (Lipinski definition) is 2. The van der Waals surface area contributed by atoms with Gasteiger partial charge in [0.15, 0.2) is 0 Å². The second-order valence-electron chi connectivity index (χ2n) is 5.68. The minimum Gasteiger partial charge on any atom is -0.396 e. The molecule has 0 saturated carbocycles. The molecular formula is C13H24N4O. The molecule has 0 fully saturated rings. The molecule has 1 rings (SSSR count). The summed E-state index contributed by atoms with van der Waals surface area (Å²) in [5.41, 5.74) is 0.226. The maximum atomic E-state index is 8.73. The second-order valence-corrected chi connectivity index (χ2v) is 5.68. The molecule has 0 aliphatic carbocycles. The third kappa shape index (κ3) is 5.31. The fraction of sp³-hybridized carbons (Fsp3) is 0.692. The van der Waals surface area contributed by atoms with E-state index in [0.717, 1.165) is 31.1 Å². The number of hydrogen-bond acceptors (Lipinski definition) is 5. The van der Waals surface area contributed by atoms with Gasteiger partial charge in [-0.25, -0.2) is 9.97 Å². The molecule has 1 heterocycles. The maximum absolute atomic E-state index is 8.73. The van der Waals surface area contributed by atoms with Crippen LogP contribution in [0.25, 0.3) is 0 Å². The maximum Gasteiger partial charge on any atom is 0.133 e. The summed E-state index contributed by atoms with van der Waals surface area (Å²) in [4.78, 5) is 10.6. The van der Waals surface area contributed by atoms with Crippen LogP contribution < -0.4 is 10.2 Å². The van der Waals surface area contributed by atoms with Crippen LogP contribution >= 0.6 is 0 Å². The molecule has 5 heteroatoms. The van der Waals surface area contributed by atoms with Crippen molar-refractivity contribution in [3.8, 4) is 0 Å². The standard InChI is InChI=1S/C13H24N4O/c1-13(2,3)9-17(4)12-8-11(15-10-16-12)14-6-5-7-18/h8,10,18H,5-7,9H2,1-4H3,(H,14,15,16). The fourth-order valence-electron chi connectivity index (χ4n) is 1.74. The van der Waals surface area contributed by atoms with Crippen LogP contribution in [0.5, 0.6) is 0 Å². The molecule has 0 bridgehead atoms. The van der Waals surface area contributed by atoms with Gasteiger partial charge in [-0.3, -0.25) is 0 Å². The van der Waals surface area contributed by atoms with Gasteiger partial charge in [0, 0.05) is 32.8 Å². The Morgan fingerprint density at radius 2 is 2.06 bits per heavy atom. The van der Waals surface area contributed by atoms with Gasteiger partial charge in [0.05, 0.1) is 0 Å². The molecule has 2 N–H and O–H groups in total. The smallest absolute Gasteiger partial charge is 0.133 e. The highest BCUT2D eigenvalue weighted by atomic mass is 16.3. The minimum absolute atomic E-state index is 0.189. The third-order valence-electron chi connectivity index (χ3n) is 2.40. The van der Waals surface area contributed by atoms with E-state index in [9.17, 15) is 0 Å². The highest BCUT2D eigenvalue weighted by molar-refractivity contribution is 5.47. The molecule has 0 amide bonds. The molecule has 0 aromatic carbocycles. The third-order valence-corrected chi connectivity index (χ3v) is 2.40. The second kappa shape index (κ2) is 6.54. The van der Waals surface area contributed by atoms with Gasteiger partial charge < -0.3 is 15.3 Å². The molecular weight excluding hydrogens is 228 g/mol. The van der Waals surface area contributed by atoms with Crippen LogP contribution in [0.15, 0.2) is 12.4 Å². The van der Waals surface area contributed by atoms with E-state index in [1.165, 1.54) is 0 Å². The summed E-state index contributed by atoms with van der Waals surface area (Å²) >= 11 is 0. The van der Waals surface area contributed by atoms with E-state index < -0.39 is 0 Å². The first-order chi connectivity index (χ1) is 8.42. The summed E-state index contributed by atoms with van der Waals surface area (Å²) in [7, 11) is 2.03. The molecule has 0 spiro atoms. The predicted octanol–water partition coefficient (Wildman–Crippen LogP) is 1.75. The van der Waals surface area contributed by atoms with Gasteiger partial charge in [-0.2, -0.15) is 0 Å². The van der Waals surface area contributed by atoms with Gasteiger partial charge in [-0.15, -0.1) is 0 Å². The number of nitrogens with one attached hydrogen (secondary N) is 1. The lowest BCUT2D eigenvalue weighted by molar-refractivity contribution is 0.292.